The zero-order valence-corrected chi connectivity index (χ0v) is 20.7. The largest absolute Gasteiger partial charge is 0.494 e. The number of rotatable bonds is 8. The van der Waals surface area contributed by atoms with Gasteiger partial charge in [-0.25, -0.2) is 4.98 Å². The SMILES string of the molecule is O=C(O)CCCOc1ccc(C#Cc2ccc(/C=C/c3nc(-c4ccc(Cl)cc4Cl)c[nH]3)cc2)cc1. The van der Waals surface area contributed by atoms with Crippen molar-refractivity contribution in [3.05, 3.63) is 105 Å². The number of H-pyrrole nitrogens is 1. The van der Waals surface area contributed by atoms with E-state index in [2.05, 4.69) is 21.8 Å². The summed E-state index contributed by atoms with van der Waals surface area (Å²) in [6.45, 7) is 0.371. The quantitative estimate of drug-likeness (QED) is 0.192. The van der Waals surface area contributed by atoms with Crippen LogP contribution in [0.5, 0.6) is 5.75 Å². The Kier molecular flexibility index (Phi) is 8.46. The van der Waals surface area contributed by atoms with E-state index in [0.29, 0.717) is 34.6 Å². The van der Waals surface area contributed by atoms with Crippen molar-refractivity contribution in [1.29, 1.82) is 0 Å². The summed E-state index contributed by atoms with van der Waals surface area (Å²) in [5.74, 6) is 6.89. The second-order valence-corrected chi connectivity index (χ2v) is 8.71. The first-order valence-corrected chi connectivity index (χ1v) is 12.0. The number of carbonyl (C=O) groups is 1. The lowest BCUT2D eigenvalue weighted by molar-refractivity contribution is -0.137. The van der Waals surface area contributed by atoms with E-state index in [1.165, 1.54) is 0 Å². The van der Waals surface area contributed by atoms with Crippen molar-refractivity contribution in [1.82, 2.24) is 9.97 Å². The Hall–Kier alpha value is -3.98. The minimum absolute atomic E-state index is 0.0988. The molecule has 0 radical (unpaired) electrons. The number of carboxylic acid groups (broad SMARTS) is 1. The number of carboxylic acids is 1. The van der Waals surface area contributed by atoms with Gasteiger partial charge in [0.25, 0.3) is 0 Å². The Morgan fingerprint density at radius 3 is 2.33 bits per heavy atom. The highest BCUT2D eigenvalue weighted by Gasteiger charge is 2.07. The van der Waals surface area contributed by atoms with Gasteiger partial charge < -0.3 is 14.8 Å². The Balaban J connectivity index is 1.33. The molecule has 0 atom stereocenters. The van der Waals surface area contributed by atoms with Crippen molar-refractivity contribution in [3.63, 3.8) is 0 Å². The maximum absolute atomic E-state index is 10.5. The van der Waals surface area contributed by atoms with Crippen molar-refractivity contribution in [2.24, 2.45) is 0 Å². The lowest BCUT2D eigenvalue weighted by Gasteiger charge is -2.04. The molecule has 0 amide bonds. The van der Waals surface area contributed by atoms with Crippen molar-refractivity contribution in [3.8, 4) is 28.8 Å². The number of hydrogen-bond acceptors (Lipinski definition) is 3. The third-order valence-electron chi connectivity index (χ3n) is 5.16. The zero-order valence-electron chi connectivity index (χ0n) is 19.2. The first-order valence-electron chi connectivity index (χ1n) is 11.2. The zero-order chi connectivity index (χ0) is 25.3. The van der Waals surface area contributed by atoms with Gasteiger partial charge in [-0.05, 0) is 72.7 Å². The molecule has 0 unspecified atom stereocenters. The maximum atomic E-state index is 10.5. The minimum Gasteiger partial charge on any atom is -0.494 e. The number of aromatic amines is 1. The predicted molar refractivity (Wildman–Crippen MR) is 144 cm³/mol. The van der Waals surface area contributed by atoms with E-state index in [-0.39, 0.29) is 6.42 Å². The number of halogens is 2. The van der Waals surface area contributed by atoms with Gasteiger partial charge in [0.2, 0.25) is 0 Å². The number of imidazole rings is 1. The van der Waals surface area contributed by atoms with E-state index >= 15 is 0 Å². The van der Waals surface area contributed by atoms with E-state index in [4.69, 9.17) is 33.0 Å². The molecule has 0 aliphatic rings. The highest BCUT2D eigenvalue weighted by molar-refractivity contribution is 6.36. The average Bonchev–Trinajstić information content (AvgIpc) is 3.34. The van der Waals surface area contributed by atoms with Crippen molar-refractivity contribution < 1.29 is 14.6 Å². The number of ether oxygens (including phenoxy) is 1. The molecule has 0 aliphatic carbocycles. The van der Waals surface area contributed by atoms with E-state index in [0.717, 1.165) is 27.9 Å². The summed E-state index contributed by atoms with van der Waals surface area (Å²) < 4.78 is 5.54. The van der Waals surface area contributed by atoms with E-state index in [1.54, 1.807) is 12.1 Å². The van der Waals surface area contributed by atoms with Gasteiger partial charge in [-0.15, -0.1) is 0 Å². The number of benzene rings is 3. The molecule has 0 aliphatic heterocycles. The van der Waals surface area contributed by atoms with E-state index in [1.807, 2.05) is 72.9 Å². The van der Waals surface area contributed by atoms with Gasteiger partial charge in [0, 0.05) is 34.3 Å². The molecule has 3 aromatic carbocycles. The molecule has 4 rings (SSSR count). The summed E-state index contributed by atoms with van der Waals surface area (Å²) in [5, 5.41) is 9.79. The standard InChI is InChI=1S/C29H22Cl2N2O3/c30-23-12-15-25(26(31)18-23)27-19-32-28(33-27)16-11-21-6-3-20(4-7-21)5-8-22-9-13-24(14-10-22)36-17-1-2-29(34)35/h3-4,6-7,9-16,18-19H,1-2,17H2,(H,32,33)(H,34,35)/b16-11+. The summed E-state index contributed by atoms with van der Waals surface area (Å²) in [4.78, 5) is 18.3. The molecule has 0 saturated carbocycles. The van der Waals surface area contributed by atoms with Crippen LogP contribution in [-0.4, -0.2) is 27.7 Å². The summed E-state index contributed by atoms with van der Waals surface area (Å²) in [6.07, 6.45) is 6.26. The highest BCUT2D eigenvalue weighted by Crippen LogP contribution is 2.29. The molecule has 36 heavy (non-hydrogen) atoms. The summed E-state index contributed by atoms with van der Waals surface area (Å²) in [5.41, 5.74) is 4.36. The van der Waals surface area contributed by atoms with E-state index in [9.17, 15) is 4.79 Å². The fourth-order valence-corrected chi connectivity index (χ4v) is 3.81. The van der Waals surface area contributed by atoms with Crippen LogP contribution < -0.4 is 4.74 Å². The first kappa shape index (κ1) is 25.1. The number of aliphatic carboxylic acids is 1. The van der Waals surface area contributed by atoms with Crippen LogP contribution in [-0.2, 0) is 4.79 Å². The number of nitrogens with one attached hydrogen (secondary N) is 1. The molecule has 7 heteroatoms. The van der Waals surface area contributed by atoms with Crippen LogP contribution in [0.2, 0.25) is 10.0 Å². The summed E-state index contributed by atoms with van der Waals surface area (Å²) in [6, 6.07) is 20.7. The van der Waals surface area contributed by atoms with Gasteiger partial charge in [0.15, 0.2) is 0 Å². The van der Waals surface area contributed by atoms with E-state index < -0.39 is 5.97 Å². The fourth-order valence-electron chi connectivity index (χ4n) is 3.30. The highest BCUT2D eigenvalue weighted by atomic mass is 35.5. The van der Waals surface area contributed by atoms with Gasteiger partial charge in [0.1, 0.15) is 11.6 Å². The monoisotopic (exact) mass is 516 g/mol. The number of hydrogen-bond donors (Lipinski definition) is 2. The van der Waals surface area contributed by atoms with Gasteiger partial charge in [-0.1, -0.05) is 53.3 Å². The van der Waals surface area contributed by atoms with Gasteiger partial charge in [-0.3, -0.25) is 4.79 Å². The lowest BCUT2D eigenvalue weighted by Crippen LogP contribution is -2.01. The normalized spacial score (nSPS) is 10.7. The van der Waals surface area contributed by atoms with Crippen LogP contribution in [0.3, 0.4) is 0 Å². The number of aromatic nitrogens is 2. The topological polar surface area (TPSA) is 75.2 Å². The summed E-state index contributed by atoms with van der Waals surface area (Å²) in [7, 11) is 0. The second-order valence-electron chi connectivity index (χ2n) is 7.87. The molecule has 1 aromatic heterocycles. The molecule has 4 aromatic rings. The van der Waals surface area contributed by atoms with Gasteiger partial charge in [0.05, 0.1) is 17.3 Å². The molecule has 0 bridgehead atoms. The Labute approximate surface area is 219 Å². The molecule has 2 N–H and O–H groups in total. The maximum Gasteiger partial charge on any atom is 0.303 e. The van der Waals surface area contributed by atoms with Crippen LogP contribution in [0.1, 0.15) is 35.4 Å². The Morgan fingerprint density at radius 1 is 0.972 bits per heavy atom. The van der Waals surface area contributed by atoms with Crippen LogP contribution in [0, 0.1) is 11.8 Å². The lowest BCUT2D eigenvalue weighted by atomic mass is 10.1. The molecule has 0 fully saturated rings. The molecule has 1 heterocycles. The summed E-state index contributed by atoms with van der Waals surface area (Å²) >= 11 is 12.2. The van der Waals surface area contributed by atoms with Crippen molar-refractivity contribution in [2.45, 2.75) is 12.8 Å². The third kappa shape index (κ3) is 7.26. The Bertz CT molecular complexity index is 1430. The third-order valence-corrected chi connectivity index (χ3v) is 5.71. The smallest absolute Gasteiger partial charge is 0.303 e. The molecular formula is C29H22Cl2N2O3. The van der Waals surface area contributed by atoms with Crippen LogP contribution >= 0.6 is 23.2 Å². The van der Waals surface area contributed by atoms with Crippen LogP contribution in [0.15, 0.2) is 72.9 Å². The molecule has 0 saturated heterocycles. The van der Waals surface area contributed by atoms with Gasteiger partial charge in [-0.2, -0.15) is 0 Å². The van der Waals surface area contributed by atoms with Crippen molar-refractivity contribution >= 4 is 41.3 Å². The minimum atomic E-state index is -0.819. The van der Waals surface area contributed by atoms with Crippen LogP contribution in [0.4, 0.5) is 0 Å². The molecule has 180 valence electrons. The molecule has 5 nitrogen and oxygen atoms in total. The molecular weight excluding hydrogens is 495 g/mol. The van der Waals surface area contributed by atoms with Crippen molar-refractivity contribution in [2.75, 3.05) is 6.61 Å². The first-order chi connectivity index (χ1) is 17.5. The second kappa shape index (κ2) is 12.1. The molecule has 0 spiro atoms. The van der Waals surface area contributed by atoms with Crippen LogP contribution in [0.25, 0.3) is 23.4 Å². The predicted octanol–water partition coefficient (Wildman–Crippen LogP) is 7.20. The number of nitrogens with zero attached hydrogens (tertiary/aromatic N) is 1. The Morgan fingerprint density at radius 2 is 1.67 bits per heavy atom. The van der Waals surface area contributed by atoms with Gasteiger partial charge >= 0.3 is 5.97 Å². The average molecular weight is 517 g/mol. The fraction of sp³-hybridized carbons (Fsp3) is 0.103.